The Labute approximate surface area is 152 Å². The van der Waals surface area contributed by atoms with E-state index in [0.29, 0.717) is 6.54 Å². The van der Waals surface area contributed by atoms with E-state index in [0.717, 1.165) is 30.6 Å². The molecule has 0 heterocycles. The summed E-state index contributed by atoms with van der Waals surface area (Å²) in [5, 5.41) is 11.3. The van der Waals surface area contributed by atoms with Crippen molar-refractivity contribution >= 4 is 17.5 Å². The number of nitrogens with zero attached hydrogens (tertiary/aromatic N) is 1. The van der Waals surface area contributed by atoms with Crippen molar-refractivity contribution in [3.05, 3.63) is 53.3 Å². The number of anilines is 2. The van der Waals surface area contributed by atoms with E-state index in [1.165, 1.54) is 24.3 Å². The first-order valence-electron chi connectivity index (χ1n) is 8.66. The zero-order chi connectivity index (χ0) is 18.7. The first-order chi connectivity index (χ1) is 12.5. The van der Waals surface area contributed by atoms with Crippen LogP contribution in [0.25, 0.3) is 0 Å². The Bertz CT molecular complexity index is 810. The molecule has 26 heavy (non-hydrogen) atoms. The molecular weight excluding hydrogens is 335 g/mol. The van der Waals surface area contributed by atoms with E-state index >= 15 is 0 Å². The van der Waals surface area contributed by atoms with Crippen LogP contribution in [0.5, 0.6) is 5.75 Å². The standard InChI is InChI=1S/C20H23FN2O3/c1-23(16-7-9-18(21)19(11-16)26-2)15-6-8-17-13(10-15)4-3-5-14(17)12-22-20(24)25/h6-11,14,22H,3-5,12H2,1-2H3,(H,24,25)/t14-/m0/s1. The van der Waals surface area contributed by atoms with E-state index in [2.05, 4.69) is 17.4 Å². The number of methoxy groups -OCH3 is 1. The molecule has 1 amide bonds. The van der Waals surface area contributed by atoms with Gasteiger partial charge in [-0.25, -0.2) is 9.18 Å². The fraction of sp³-hybridized carbons (Fsp3) is 0.350. The summed E-state index contributed by atoms with van der Waals surface area (Å²) in [6.07, 6.45) is 2.01. The third-order valence-corrected chi connectivity index (χ3v) is 4.97. The minimum absolute atomic E-state index is 0.208. The van der Waals surface area contributed by atoms with E-state index in [1.54, 1.807) is 12.1 Å². The number of rotatable bonds is 5. The Morgan fingerprint density at radius 3 is 2.77 bits per heavy atom. The lowest BCUT2D eigenvalue weighted by molar-refractivity contribution is 0.193. The number of halogens is 1. The number of hydrogen-bond donors (Lipinski definition) is 2. The second-order valence-electron chi connectivity index (χ2n) is 6.54. The van der Waals surface area contributed by atoms with Crippen LogP contribution in [0.3, 0.4) is 0 Å². The Balaban J connectivity index is 1.85. The van der Waals surface area contributed by atoms with Crippen LogP contribution in [0.1, 0.15) is 29.9 Å². The van der Waals surface area contributed by atoms with Gasteiger partial charge >= 0.3 is 6.09 Å². The molecule has 2 aromatic carbocycles. The molecule has 0 saturated heterocycles. The summed E-state index contributed by atoms with van der Waals surface area (Å²) in [4.78, 5) is 12.8. The van der Waals surface area contributed by atoms with E-state index < -0.39 is 6.09 Å². The molecule has 1 aliphatic rings. The average molecular weight is 358 g/mol. The Hall–Kier alpha value is -2.76. The van der Waals surface area contributed by atoms with E-state index in [9.17, 15) is 9.18 Å². The molecule has 0 unspecified atom stereocenters. The summed E-state index contributed by atoms with van der Waals surface area (Å²) < 4.78 is 18.7. The van der Waals surface area contributed by atoms with Crippen molar-refractivity contribution in [2.75, 3.05) is 25.6 Å². The molecule has 1 aliphatic carbocycles. The van der Waals surface area contributed by atoms with Gasteiger partial charge in [0.15, 0.2) is 11.6 Å². The zero-order valence-corrected chi connectivity index (χ0v) is 15.0. The van der Waals surface area contributed by atoms with Crippen molar-refractivity contribution in [3.63, 3.8) is 0 Å². The molecule has 0 spiro atoms. The molecule has 5 nitrogen and oxygen atoms in total. The van der Waals surface area contributed by atoms with Crippen LogP contribution in [0.2, 0.25) is 0 Å². The van der Waals surface area contributed by atoms with Gasteiger partial charge < -0.3 is 20.1 Å². The molecule has 0 bridgehead atoms. The van der Waals surface area contributed by atoms with Gasteiger partial charge in [0.05, 0.1) is 7.11 Å². The molecule has 0 radical (unpaired) electrons. The summed E-state index contributed by atoms with van der Waals surface area (Å²) in [6, 6.07) is 11.0. The van der Waals surface area contributed by atoms with Crippen LogP contribution in [-0.4, -0.2) is 31.9 Å². The number of aryl methyl sites for hydroxylation is 1. The van der Waals surface area contributed by atoms with Gasteiger partial charge in [-0.2, -0.15) is 0 Å². The van der Waals surface area contributed by atoms with Gasteiger partial charge in [0.25, 0.3) is 0 Å². The Morgan fingerprint density at radius 2 is 2.04 bits per heavy atom. The van der Waals surface area contributed by atoms with Gasteiger partial charge in [-0.05, 0) is 54.7 Å². The van der Waals surface area contributed by atoms with Crippen LogP contribution < -0.4 is 15.0 Å². The van der Waals surface area contributed by atoms with Crippen molar-refractivity contribution in [1.29, 1.82) is 0 Å². The number of amides is 1. The van der Waals surface area contributed by atoms with Crippen molar-refractivity contribution < 1.29 is 19.0 Å². The number of carbonyl (C=O) groups is 1. The van der Waals surface area contributed by atoms with Gasteiger partial charge in [0.2, 0.25) is 0 Å². The van der Waals surface area contributed by atoms with Crippen molar-refractivity contribution in [2.45, 2.75) is 25.2 Å². The minimum Gasteiger partial charge on any atom is -0.494 e. The van der Waals surface area contributed by atoms with E-state index in [-0.39, 0.29) is 17.5 Å². The molecule has 1 atom stereocenters. The normalized spacial score (nSPS) is 15.9. The highest BCUT2D eigenvalue weighted by atomic mass is 19.1. The molecule has 2 aromatic rings. The smallest absolute Gasteiger partial charge is 0.404 e. The van der Waals surface area contributed by atoms with Crippen molar-refractivity contribution in [3.8, 4) is 5.75 Å². The quantitative estimate of drug-likeness (QED) is 0.837. The number of ether oxygens (including phenoxy) is 1. The molecule has 0 aliphatic heterocycles. The maximum atomic E-state index is 13.6. The van der Waals surface area contributed by atoms with Gasteiger partial charge in [-0.1, -0.05) is 6.07 Å². The van der Waals surface area contributed by atoms with Crippen LogP contribution in [0.15, 0.2) is 36.4 Å². The summed E-state index contributed by atoms with van der Waals surface area (Å²) >= 11 is 0. The minimum atomic E-state index is -0.987. The van der Waals surface area contributed by atoms with Crippen molar-refractivity contribution in [2.24, 2.45) is 0 Å². The second-order valence-corrected chi connectivity index (χ2v) is 6.54. The molecular formula is C20H23FN2O3. The number of nitrogens with one attached hydrogen (secondary N) is 1. The lowest BCUT2D eigenvalue weighted by Crippen LogP contribution is -2.28. The zero-order valence-electron chi connectivity index (χ0n) is 15.0. The third-order valence-electron chi connectivity index (χ3n) is 4.97. The topological polar surface area (TPSA) is 61.8 Å². The lowest BCUT2D eigenvalue weighted by atomic mass is 9.82. The summed E-state index contributed by atoms with van der Waals surface area (Å²) in [5.74, 6) is 0.0381. The predicted molar refractivity (Wildman–Crippen MR) is 99.2 cm³/mol. The fourth-order valence-corrected chi connectivity index (χ4v) is 3.54. The highest BCUT2D eigenvalue weighted by molar-refractivity contribution is 5.66. The van der Waals surface area contributed by atoms with Crippen LogP contribution in [0.4, 0.5) is 20.6 Å². The fourth-order valence-electron chi connectivity index (χ4n) is 3.54. The summed E-state index contributed by atoms with van der Waals surface area (Å²) in [5.41, 5.74) is 4.29. The molecule has 0 saturated carbocycles. The second kappa shape index (κ2) is 7.64. The predicted octanol–water partition coefficient (Wildman–Crippen LogP) is 4.29. The van der Waals surface area contributed by atoms with E-state index in [4.69, 9.17) is 9.84 Å². The summed E-state index contributed by atoms with van der Waals surface area (Å²) in [7, 11) is 3.38. The van der Waals surface area contributed by atoms with Gasteiger partial charge in [-0.3, -0.25) is 0 Å². The number of fused-ring (bicyclic) bond motifs is 1. The number of benzene rings is 2. The lowest BCUT2D eigenvalue weighted by Gasteiger charge is -2.28. The van der Waals surface area contributed by atoms with Crippen LogP contribution in [0, 0.1) is 5.82 Å². The highest BCUT2D eigenvalue weighted by Gasteiger charge is 2.21. The van der Waals surface area contributed by atoms with Gasteiger partial charge in [-0.15, -0.1) is 0 Å². The summed E-state index contributed by atoms with van der Waals surface area (Å²) in [6.45, 7) is 0.437. The SMILES string of the molecule is COc1cc(N(C)c2ccc3c(c2)CCC[C@H]3CNC(=O)O)ccc1F. The maximum absolute atomic E-state index is 13.6. The monoisotopic (exact) mass is 358 g/mol. The van der Waals surface area contributed by atoms with E-state index in [1.807, 2.05) is 18.0 Å². The first kappa shape index (κ1) is 18.0. The number of hydrogen-bond acceptors (Lipinski definition) is 3. The van der Waals surface area contributed by atoms with Crippen LogP contribution in [-0.2, 0) is 6.42 Å². The molecule has 3 rings (SSSR count). The Kier molecular flexibility index (Phi) is 5.30. The number of carboxylic acid groups (broad SMARTS) is 1. The molecule has 0 aromatic heterocycles. The molecule has 0 fully saturated rings. The first-order valence-corrected chi connectivity index (χ1v) is 8.66. The average Bonchev–Trinajstić information content (AvgIpc) is 2.65. The molecule has 138 valence electrons. The van der Waals surface area contributed by atoms with Crippen molar-refractivity contribution in [1.82, 2.24) is 5.32 Å². The largest absolute Gasteiger partial charge is 0.494 e. The third kappa shape index (κ3) is 3.74. The maximum Gasteiger partial charge on any atom is 0.404 e. The Morgan fingerprint density at radius 1 is 1.31 bits per heavy atom. The van der Waals surface area contributed by atoms with Gasteiger partial charge in [0.1, 0.15) is 0 Å². The van der Waals surface area contributed by atoms with Crippen LogP contribution >= 0.6 is 0 Å². The highest BCUT2D eigenvalue weighted by Crippen LogP contribution is 2.35. The molecule has 6 heteroatoms. The molecule has 2 N–H and O–H groups in total. The van der Waals surface area contributed by atoms with Gasteiger partial charge in [0, 0.05) is 37.0 Å².